The van der Waals surface area contributed by atoms with E-state index in [1.165, 1.54) is 11.3 Å². The van der Waals surface area contributed by atoms with Gasteiger partial charge in [-0.2, -0.15) is 0 Å². The minimum Gasteiger partial charge on any atom is -0.375 e. The molecule has 0 fully saturated rings. The second-order valence-corrected chi connectivity index (χ2v) is 7.03. The number of aliphatic hydroxyl groups is 1. The van der Waals surface area contributed by atoms with Crippen LogP contribution in [-0.2, 0) is 15.2 Å². The van der Waals surface area contributed by atoms with Gasteiger partial charge in [-0.1, -0.05) is 18.2 Å². The quantitative estimate of drug-likeness (QED) is 0.800. The maximum atomic E-state index is 12.7. The van der Waals surface area contributed by atoms with Crippen molar-refractivity contribution in [3.63, 3.8) is 0 Å². The number of carbonyl (C=O) groups excluding carboxylic acids is 3. The van der Waals surface area contributed by atoms with Crippen LogP contribution in [0.4, 0.5) is 5.69 Å². The number of thiophene rings is 1. The molecular weight excluding hydrogens is 328 g/mol. The van der Waals surface area contributed by atoms with Crippen molar-refractivity contribution < 1.29 is 19.5 Å². The van der Waals surface area contributed by atoms with E-state index < -0.39 is 17.4 Å². The summed E-state index contributed by atoms with van der Waals surface area (Å²) >= 11 is 1.31. The average molecular weight is 344 g/mol. The van der Waals surface area contributed by atoms with Gasteiger partial charge in [-0.25, -0.2) is 0 Å². The van der Waals surface area contributed by atoms with Crippen molar-refractivity contribution in [3.05, 3.63) is 51.7 Å². The first-order chi connectivity index (χ1) is 11.3. The number of nitrogens with zero attached hydrogens (tertiary/aromatic N) is 1. The third-order valence-corrected chi connectivity index (χ3v) is 5.03. The van der Waals surface area contributed by atoms with Crippen molar-refractivity contribution in [2.45, 2.75) is 18.9 Å². The Labute approximate surface area is 142 Å². The molecule has 6 nitrogen and oxygen atoms in total. The van der Waals surface area contributed by atoms with Crippen LogP contribution in [0.3, 0.4) is 0 Å². The van der Waals surface area contributed by atoms with Gasteiger partial charge in [0.05, 0.1) is 17.0 Å². The van der Waals surface area contributed by atoms with Crippen LogP contribution in [0, 0.1) is 6.92 Å². The summed E-state index contributed by atoms with van der Waals surface area (Å²) in [5.74, 6) is -1.72. The number of anilines is 1. The summed E-state index contributed by atoms with van der Waals surface area (Å²) in [5.41, 5.74) is 3.93. The Kier molecular flexibility index (Phi) is 3.98. The summed E-state index contributed by atoms with van der Waals surface area (Å²) in [7, 11) is 0. The molecule has 0 saturated carbocycles. The Hall–Kier alpha value is -2.51. The number of Topliss-reactive ketones (excluding diaryl/α,β-unsaturated/α-hetero) is 1. The number of hydrogen-bond donors (Lipinski definition) is 2. The molecule has 0 bridgehead atoms. The van der Waals surface area contributed by atoms with Gasteiger partial charge in [0.25, 0.3) is 5.91 Å². The highest BCUT2D eigenvalue weighted by Crippen LogP contribution is 2.42. The fourth-order valence-corrected chi connectivity index (χ4v) is 3.70. The van der Waals surface area contributed by atoms with E-state index in [2.05, 4.69) is 0 Å². The highest BCUT2D eigenvalue weighted by atomic mass is 32.1. The molecular formula is C17H16N2O4S. The number of hydrogen-bond acceptors (Lipinski definition) is 5. The molecule has 2 aromatic rings. The van der Waals surface area contributed by atoms with E-state index in [0.29, 0.717) is 16.1 Å². The van der Waals surface area contributed by atoms with E-state index in [4.69, 9.17) is 5.73 Å². The van der Waals surface area contributed by atoms with Gasteiger partial charge in [0.15, 0.2) is 11.4 Å². The molecule has 124 valence electrons. The van der Waals surface area contributed by atoms with Crippen LogP contribution in [0.15, 0.2) is 36.4 Å². The van der Waals surface area contributed by atoms with E-state index in [0.717, 1.165) is 9.78 Å². The number of para-hydroxylation sites is 1. The minimum atomic E-state index is -1.99. The lowest BCUT2D eigenvalue weighted by molar-refractivity contribution is -0.136. The second kappa shape index (κ2) is 5.85. The van der Waals surface area contributed by atoms with Crippen LogP contribution < -0.4 is 10.6 Å². The summed E-state index contributed by atoms with van der Waals surface area (Å²) in [5, 5.41) is 11.0. The van der Waals surface area contributed by atoms with Gasteiger partial charge in [0.1, 0.15) is 6.54 Å². The van der Waals surface area contributed by atoms with E-state index in [-0.39, 0.29) is 18.7 Å². The van der Waals surface area contributed by atoms with Crippen molar-refractivity contribution >= 4 is 34.6 Å². The van der Waals surface area contributed by atoms with Crippen LogP contribution in [-0.4, -0.2) is 29.2 Å². The van der Waals surface area contributed by atoms with Crippen LogP contribution in [0.5, 0.6) is 0 Å². The number of primary amides is 1. The lowest BCUT2D eigenvalue weighted by Crippen LogP contribution is -2.44. The number of benzene rings is 1. The number of amides is 2. The van der Waals surface area contributed by atoms with Gasteiger partial charge in [-0.05, 0) is 25.1 Å². The van der Waals surface area contributed by atoms with E-state index in [1.54, 1.807) is 30.3 Å². The predicted octanol–water partition coefficient (Wildman–Crippen LogP) is 1.35. The number of fused-ring (bicyclic) bond motifs is 1. The fourth-order valence-electron chi connectivity index (χ4n) is 2.89. The monoisotopic (exact) mass is 344 g/mol. The molecule has 1 aliphatic rings. The average Bonchev–Trinajstić information content (AvgIpc) is 3.05. The predicted molar refractivity (Wildman–Crippen MR) is 89.9 cm³/mol. The zero-order valence-electron chi connectivity index (χ0n) is 13.0. The van der Waals surface area contributed by atoms with Gasteiger partial charge in [-0.15, -0.1) is 11.3 Å². The van der Waals surface area contributed by atoms with E-state index in [1.807, 2.05) is 13.0 Å². The lowest BCUT2D eigenvalue weighted by atomic mass is 9.89. The van der Waals surface area contributed by atoms with Gasteiger partial charge >= 0.3 is 0 Å². The molecule has 1 atom stereocenters. The molecule has 3 rings (SSSR count). The van der Waals surface area contributed by atoms with Crippen LogP contribution in [0.25, 0.3) is 0 Å². The third-order valence-electron chi connectivity index (χ3n) is 3.98. The molecule has 0 radical (unpaired) electrons. The third kappa shape index (κ3) is 2.61. The Morgan fingerprint density at radius 3 is 2.58 bits per heavy atom. The Morgan fingerprint density at radius 2 is 1.96 bits per heavy atom. The Bertz CT molecular complexity index is 845. The SMILES string of the molecule is Cc1ccc(C(=O)CC2(O)C(=O)N(CC(N)=O)c3ccccc32)s1. The van der Waals surface area contributed by atoms with Gasteiger partial charge in [0, 0.05) is 10.4 Å². The van der Waals surface area contributed by atoms with Gasteiger partial charge < -0.3 is 10.8 Å². The Balaban J connectivity index is 1.98. The standard InChI is InChI=1S/C17H16N2O4S/c1-10-6-7-14(24-10)13(20)8-17(23)11-4-2-3-5-12(11)19(16(17)22)9-15(18)21/h2-7,23H,8-9H2,1H3,(H2,18,21). The molecule has 7 heteroatoms. The fraction of sp³-hybridized carbons (Fsp3) is 0.235. The summed E-state index contributed by atoms with van der Waals surface area (Å²) in [4.78, 5) is 39.0. The number of rotatable bonds is 5. The zero-order valence-corrected chi connectivity index (χ0v) is 13.8. The van der Waals surface area contributed by atoms with E-state index >= 15 is 0 Å². The number of ketones is 1. The van der Waals surface area contributed by atoms with Gasteiger partial charge in [0.2, 0.25) is 5.91 Å². The highest BCUT2D eigenvalue weighted by Gasteiger charge is 2.51. The van der Waals surface area contributed by atoms with Crippen molar-refractivity contribution in [2.24, 2.45) is 5.73 Å². The molecule has 2 amide bonds. The highest BCUT2D eigenvalue weighted by molar-refractivity contribution is 7.14. The molecule has 1 aromatic heterocycles. The summed E-state index contributed by atoms with van der Waals surface area (Å²) in [6, 6.07) is 10.1. The maximum absolute atomic E-state index is 12.7. The van der Waals surface area contributed by atoms with Crippen molar-refractivity contribution in [1.29, 1.82) is 0 Å². The second-order valence-electron chi connectivity index (χ2n) is 5.75. The van der Waals surface area contributed by atoms with Gasteiger partial charge in [-0.3, -0.25) is 19.3 Å². The van der Waals surface area contributed by atoms with Crippen molar-refractivity contribution in [2.75, 3.05) is 11.4 Å². The molecule has 1 unspecified atom stereocenters. The lowest BCUT2D eigenvalue weighted by Gasteiger charge is -2.21. The van der Waals surface area contributed by atoms with Crippen molar-refractivity contribution in [1.82, 2.24) is 0 Å². The molecule has 1 aliphatic heterocycles. The molecule has 0 aliphatic carbocycles. The summed E-state index contributed by atoms with van der Waals surface area (Å²) in [6.45, 7) is 1.53. The largest absolute Gasteiger partial charge is 0.375 e. The number of nitrogens with two attached hydrogens (primary N) is 1. The molecule has 2 heterocycles. The van der Waals surface area contributed by atoms with Crippen LogP contribution in [0.1, 0.15) is 26.5 Å². The summed E-state index contributed by atoms with van der Waals surface area (Å²) in [6.07, 6.45) is -0.377. The first-order valence-electron chi connectivity index (χ1n) is 7.35. The van der Waals surface area contributed by atoms with Crippen LogP contribution in [0.2, 0.25) is 0 Å². The van der Waals surface area contributed by atoms with E-state index in [9.17, 15) is 19.5 Å². The zero-order chi connectivity index (χ0) is 17.5. The molecule has 0 spiro atoms. The smallest absolute Gasteiger partial charge is 0.264 e. The molecule has 3 N–H and O–H groups in total. The number of carbonyl (C=O) groups is 3. The number of aryl methyl sites for hydroxylation is 1. The molecule has 1 aromatic carbocycles. The first kappa shape index (κ1) is 16.4. The topological polar surface area (TPSA) is 101 Å². The Morgan fingerprint density at radius 1 is 1.25 bits per heavy atom. The normalized spacial score (nSPS) is 19.4. The molecule has 0 saturated heterocycles. The summed E-state index contributed by atoms with van der Waals surface area (Å²) < 4.78 is 0. The first-order valence-corrected chi connectivity index (χ1v) is 8.16. The van der Waals surface area contributed by atoms with Crippen molar-refractivity contribution in [3.8, 4) is 0 Å². The minimum absolute atomic E-state index is 0.317. The van der Waals surface area contributed by atoms with Crippen LogP contribution >= 0.6 is 11.3 Å². The maximum Gasteiger partial charge on any atom is 0.264 e. The molecule has 24 heavy (non-hydrogen) atoms.